The molecular weight excluding hydrogens is 172 g/mol. The summed E-state index contributed by atoms with van der Waals surface area (Å²) >= 11 is 0. The lowest BCUT2D eigenvalue weighted by Gasteiger charge is -2.08. The van der Waals surface area contributed by atoms with E-state index in [9.17, 15) is 9.59 Å². The Labute approximate surface area is 74.6 Å². The number of aliphatic carboxylic acids is 1. The van der Waals surface area contributed by atoms with Crippen molar-refractivity contribution < 1.29 is 9.90 Å². The normalized spacial score (nSPS) is 12.5. The molecule has 0 radical (unpaired) electrons. The number of hydrogen-bond donors (Lipinski definition) is 1. The van der Waals surface area contributed by atoms with Crippen LogP contribution in [0.25, 0.3) is 0 Å². The minimum Gasteiger partial charge on any atom is -0.480 e. The van der Waals surface area contributed by atoms with Gasteiger partial charge in [-0.05, 0) is 19.9 Å². The molecule has 0 saturated carbocycles. The van der Waals surface area contributed by atoms with Crippen molar-refractivity contribution in [2.45, 2.75) is 19.9 Å². The zero-order valence-electron chi connectivity index (χ0n) is 7.39. The molecule has 0 aliphatic rings. The third kappa shape index (κ3) is 1.93. The Bertz CT molecular complexity index is 383. The molecule has 13 heavy (non-hydrogen) atoms. The molecule has 1 aromatic rings. The predicted octanol–water partition coefficient (Wildman–Crippen LogP) is 0.197. The van der Waals surface area contributed by atoms with Gasteiger partial charge in [-0.3, -0.25) is 4.79 Å². The summed E-state index contributed by atoms with van der Waals surface area (Å²) < 4.78 is 0.956. The molecule has 0 bridgehead atoms. The monoisotopic (exact) mass is 182 g/mol. The molecule has 0 fully saturated rings. The molecule has 0 aliphatic heterocycles. The first-order valence-electron chi connectivity index (χ1n) is 3.81. The molecule has 1 N–H and O–H groups in total. The number of aromatic nitrogens is 2. The number of carbonyl (C=O) groups is 1. The minimum absolute atomic E-state index is 0.402. The van der Waals surface area contributed by atoms with Crippen LogP contribution >= 0.6 is 0 Å². The Morgan fingerprint density at radius 2 is 2.23 bits per heavy atom. The molecule has 1 rings (SSSR count). The molecule has 1 unspecified atom stereocenters. The van der Waals surface area contributed by atoms with Gasteiger partial charge < -0.3 is 5.11 Å². The van der Waals surface area contributed by atoms with E-state index in [0.29, 0.717) is 5.69 Å². The highest BCUT2D eigenvalue weighted by molar-refractivity contribution is 5.71. The van der Waals surface area contributed by atoms with Gasteiger partial charge in [0.25, 0.3) is 5.56 Å². The number of aryl methyl sites for hydroxylation is 1. The molecule has 5 heteroatoms. The van der Waals surface area contributed by atoms with Gasteiger partial charge in [-0.2, -0.15) is 5.10 Å². The molecule has 0 saturated heterocycles. The van der Waals surface area contributed by atoms with Crippen LogP contribution in [0, 0.1) is 6.92 Å². The van der Waals surface area contributed by atoms with E-state index >= 15 is 0 Å². The van der Waals surface area contributed by atoms with Crippen LogP contribution in [0.2, 0.25) is 0 Å². The highest BCUT2D eigenvalue weighted by Crippen LogP contribution is 1.99. The summed E-state index contributed by atoms with van der Waals surface area (Å²) in [6, 6.07) is 1.93. The molecule has 70 valence electrons. The lowest BCUT2D eigenvalue weighted by Crippen LogP contribution is -2.29. The molecule has 5 nitrogen and oxygen atoms in total. The Hall–Kier alpha value is -1.65. The van der Waals surface area contributed by atoms with Crippen LogP contribution < -0.4 is 5.56 Å². The van der Waals surface area contributed by atoms with Gasteiger partial charge in [0.15, 0.2) is 6.04 Å². The Morgan fingerprint density at radius 1 is 1.62 bits per heavy atom. The SMILES string of the molecule is Cc1ccc(=O)n(C(C)C(=O)O)n1. The summed E-state index contributed by atoms with van der Waals surface area (Å²) in [6.45, 7) is 3.11. The first-order chi connectivity index (χ1) is 6.02. The van der Waals surface area contributed by atoms with Crippen LogP contribution in [-0.4, -0.2) is 20.9 Å². The maximum atomic E-state index is 11.2. The Kier molecular flexibility index (Phi) is 2.46. The van der Waals surface area contributed by atoms with Crippen LogP contribution in [0.5, 0.6) is 0 Å². The van der Waals surface area contributed by atoms with Crippen molar-refractivity contribution in [1.82, 2.24) is 9.78 Å². The predicted molar refractivity (Wildman–Crippen MR) is 45.6 cm³/mol. The van der Waals surface area contributed by atoms with Crippen molar-refractivity contribution >= 4 is 5.97 Å². The number of hydrogen-bond acceptors (Lipinski definition) is 3. The number of carboxylic acids is 1. The van der Waals surface area contributed by atoms with Gasteiger partial charge >= 0.3 is 5.97 Å². The average molecular weight is 182 g/mol. The third-order valence-electron chi connectivity index (χ3n) is 1.68. The van der Waals surface area contributed by atoms with Crippen LogP contribution in [0.15, 0.2) is 16.9 Å². The molecule has 0 amide bonds. The van der Waals surface area contributed by atoms with Crippen molar-refractivity contribution in [3.05, 3.63) is 28.2 Å². The largest absolute Gasteiger partial charge is 0.480 e. The Balaban J connectivity index is 3.21. The van der Waals surface area contributed by atoms with Gasteiger partial charge in [0.2, 0.25) is 0 Å². The number of rotatable bonds is 2. The Morgan fingerprint density at radius 3 is 2.77 bits per heavy atom. The van der Waals surface area contributed by atoms with E-state index in [0.717, 1.165) is 4.68 Å². The van der Waals surface area contributed by atoms with Crippen molar-refractivity contribution in [3.8, 4) is 0 Å². The van der Waals surface area contributed by atoms with Gasteiger partial charge in [-0.1, -0.05) is 0 Å². The zero-order valence-corrected chi connectivity index (χ0v) is 7.39. The number of carboxylic acid groups (broad SMARTS) is 1. The third-order valence-corrected chi connectivity index (χ3v) is 1.68. The topological polar surface area (TPSA) is 72.2 Å². The highest BCUT2D eigenvalue weighted by atomic mass is 16.4. The highest BCUT2D eigenvalue weighted by Gasteiger charge is 2.15. The summed E-state index contributed by atoms with van der Waals surface area (Å²) in [4.78, 5) is 21.7. The van der Waals surface area contributed by atoms with Gasteiger partial charge in [-0.25, -0.2) is 9.48 Å². The first-order valence-corrected chi connectivity index (χ1v) is 3.81. The maximum absolute atomic E-state index is 11.2. The summed E-state index contributed by atoms with van der Waals surface area (Å²) in [5, 5.41) is 12.5. The van der Waals surface area contributed by atoms with E-state index in [1.54, 1.807) is 13.0 Å². The number of nitrogens with zero attached hydrogens (tertiary/aromatic N) is 2. The fourth-order valence-electron chi connectivity index (χ4n) is 0.903. The second-order valence-corrected chi connectivity index (χ2v) is 2.77. The summed E-state index contributed by atoms with van der Waals surface area (Å²) in [5.41, 5.74) is 0.216. The maximum Gasteiger partial charge on any atom is 0.328 e. The van der Waals surface area contributed by atoms with Crippen LogP contribution in [-0.2, 0) is 4.79 Å². The van der Waals surface area contributed by atoms with Crippen molar-refractivity contribution in [2.24, 2.45) is 0 Å². The zero-order chi connectivity index (χ0) is 10.0. The van der Waals surface area contributed by atoms with Gasteiger partial charge in [0.1, 0.15) is 0 Å². The lowest BCUT2D eigenvalue weighted by molar-refractivity contribution is -0.140. The smallest absolute Gasteiger partial charge is 0.328 e. The fraction of sp³-hybridized carbons (Fsp3) is 0.375. The molecule has 0 aromatic carbocycles. The van der Waals surface area contributed by atoms with Gasteiger partial charge in [0, 0.05) is 6.07 Å². The van der Waals surface area contributed by atoms with Crippen LogP contribution in [0.4, 0.5) is 0 Å². The van der Waals surface area contributed by atoms with Crippen molar-refractivity contribution in [2.75, 3.05) is 0 Å². The van der Waals surface area contributed by atoms with Crippen LogP contribution in [0.3, 0.4) is 0 Å². The minimum atomic E-state index is -1.07. The van der Waals surface area contributed by atoms with Gasteiger partial charge in [0.05, 0.1) is 5.69 Å². The fourth-order valence-corrected chi connectivity index (χ4v) is 0.903. The van der Waals surface area contributed by atoms with E-state index in [1.165, 1.54) is 13.0 Å². The van der Waals surface area contributed by atoms with E-state index in [4.69, 9.17) is 5.11 Å². The van der Waals surface area contributed by atoms with E-state index in [2.05, 4.69) is 5.10 Å². The average Bonchev–Trinajstić information content (AvgIpc) is 2.08. The summed E-state index contributed by atoms with van der Waals surface area (Å²) in [5.74, 6) is -1.07. The molecule has 0 aliphatic carbocycles. The quantitative estimate of drug-likeness (QED) is 0.709. The lowest BCUT2D eigenvalue weighted by atomic mass is 10.3. The summed E-state index contributed by atoms with van der Waals surface area (Å²) in [7, 11) is 0. The van der Waals surface area contributed by atoms with Crippen LogP contribution in [0.1, 0.15) is 18.7 Å². The van der Waals surface area contributed by atoms with E-state index < -0.39 is 17.6 Å². The molecule has 1 atom stereocenters. The molecule has 0 spiro atoms. The second-order valence-electron chi connectivity index (χ2n) is 2.77. The summed E-state index contributed by atoms with van der Waals surface area (Å²) in [6.07, 6.45) is 0. The molecule has 1 aromatic heterocycles. The van der Waals surface area contributed by atoms with E-state index in [1.807, 2.05) is 0 Å². The van der Waals surface area contributed by atoms with Gasteiger partial charge in [-0.15, -0.1) is 0 Å². The van der Waals surface area contributed by atoms with Crippen molar-refractivity contribution in [1.29, 1.82) is 0 Å². The first kappa shape index (κ1) is 9.44. The second kappa shape index (κ2) is 3.38. The standard InChI is InChI=1S/C8H10N2O3/c1-5-3-4-7(11)10(9-5)6(2)8(12)13/h3-4,6H,1-2H3,(H,12,13). The van der Waals surface area contributed by atoms with Crippen molar-refractivity contribution in [3.63, 3.8) is 0 Å². The molecular formula is C8H10N2O3. The van der Waals surface area contributed by atoms with E-state index in [-0.39, 0.29) is 0 Å². The molecule has 1 heterocycles.